The van der Waals surface area contributed by atoms with Gasteiger partial charge in [-0.25, -0.2) is 0 Å². The van der Waals surface area contributed by atoms with E-state index in [0.717, 1.165) is 12.8 Å². The number of hydrogen-bond acceptors (Lipinski definition) is 3. The summed E-state index contributed by atoms with van der Waals surface area (Å²) in [6.07, 6.45) is 0.929. The van der Waals surface area contributed by atoms with Crippen LogP contribution in [0.15, 0.2) is 0 Å². The average Bonchev–Trinajstić information content (AvgIpc) is 2.05. The molecule has 0 rings (SSSR count). The van der Waals surface area contributed by atoms with Gasteiger partial charge in [-0.3, -0.25) is 4.79 Å². The van der Waals surface area contributed by atoms with Crippen LogP contribution in [0.3, 0.4) is 0 Å². The van der Waals surface area contributed by atoms with Crippen LogP contribution in [-0.2, 0) is 9.53 Å². The SMILES string of the molecule is CCCCNC(=O)C(O)COC. The Morgan fingerprint density at radius 1 is 1.67 bits per heavy atom. The van der Waals surface area contributed by atoms with Crippen LogP contribution >= 0.6 is 0 Å². The fourth-order valence-electron chi connectivity index (χ4n) is 0.740. The summed E-state index contributed by atoms with van der Waals surface area (Å²) in [7, 11) is 1.45. The number of carbonyl (C=O) groups is 1. The number of methoxy groups -OCH3 is 1. The molecule has 12 heavy (non-hydrogen) atoms. The molecule has 0 aliphatic rings. The maximum absolute atomic E-state index is 11.0. The lowest BCUT2D eigenvalue weighted by Crippen LogP contribution is -2.37. The molecular formula is C8H17NO3. The number of nitrogens with one attached hydrogen (secondary N) is 1. The lowest BCUT2D eigenvalue weighted by Gasteiger charge is -2.09. The number of aliphatic hydroxyl groups excluding tert-OH is 1. The third-order valence-electron chi connectivity index (χ3n) is 1.46. The third kappa shape index (κ3) is 5.09. The molecule has 2 N–H and O–H groups in total. The van der Waals surface area contributed by atoms with E-state index in [1.807, 2.05) is 6.92 Å². The minimum absolute atomic E-state index is 0.0535. The molecule has 0 aliphatic heterocycles. The second-order valence-corrected chi connectivity index (χ2v) is 2.62. The fourth-order valence-corrected chi connectivity index (χ4v) is 0.740. The molecule has 0 heterocycles. The Kier molecular flexibility index (Phi) is 6.70. The van der Waals surface area contributed by atoms with Gasteiger partial charge in [0.25, 0.3) is 5.91 Å². The second kappa shape index (κ2) is 7.06. The monoisotopic (exact) mass is 175 g/mol. The van der Waals surface area contributed by atoms with Crippen molar-refractivity contribution in [3.05, 3.63) is 0 Å². The summed E-state index contributed by atoms with van der Waals surface area (Å²) in [6, 6.07) is 0. The van der Waals surface area contributed by atoms with Gasteiger partial charge in [0.05, 0.1) is 6.61 Å². The molecule has 4 heteroatoms. The van der Waals surface area contributed by atoms with E-state index in [2.05, 4.69) is 10.1 Å². The van der Waals surface area contributed by atoms with Crippen LogP contribution in [0.1, 0.15) is 19.8 Å². The van der Waals surface area contributed by atoms with Gasteiger partial charge in [0.1, 0.15) is 0 Å². The molecule has 0 aromatic rings. The van der Waals surface area contributed by atoms with E-state index < -0.39 is 6.10 Å². The van der Waals surface area contributed by atoms with E-state index in [-0.39, 0.29) is 12.5 Å². The molecule has 0 saturated heterocycles. The molecular weight excluding hydrogens is 158 g/mol. The first-order valence-corrected chi connectivity index (χ1v) is 4.17. The number of unbranched alkanes of at least 4 members (excludes halogenated alkanes) is 1. The highest BCUT2D eigenvalue weighted by molar-refractivity contribution is 5.80. The molecule has 0 radical (unpaired) electrons. The summed E-state index contributed by atoms with van der Waals surface area (Å²) in [5, 5.41) is 11.7. The van der Waals surface area contributed by atoms with Crippen LogP contribution in [0, 0.1) is 0 Å². The summed E-state index contributed by atoms with van der Waals surface area (Å²) in [4.78, 5) is 11.0. The Labute approximate surface area is 72.9 Å². The van der Waals surface area contributed by atoms with Gasteiger partial charge >= 0.3 is 0 Å². The van der Waals surface area contributed by atoms with E-state index in [4.69, 9.17) is 5.11 Å². The largest absolute Gasteiger partial charge is 0.381 e. The maximum Gasteiger partial charge on any atom is 0.251 e. The Morgan fingerprint density at radius 2 is 2.33 bits per heavy atom. The number of amides is 1. The molecule has 0 spiro atoms. The standard InChI is InChI=1S/C8H17NO3/c1-3-4-5-9-8(11)7(10)6-12-2/h7,10H,3-6H2,1-2H3,(H,9,11). The van der Waals surface area contributed by atoms with Gasteiger partial charge < -0.3 is 15.2 Å². The van der Waals surface area contributed by atoms with Gasteiger partial charge in [0.2, 0.25) is 0 Å². The van der Waals surface area contributed by atoms with Crippen molar-refractivity contribution in [1.29, 1.82) is 0 Å². The zero-order chi connectivity index (χ0) is 9.40. The molecule has 1 unspecified atom stereocenters. The van der Waals surface area contributed by atoms with E-state index in [1.165, 1.54) is 7.11 Å². The van der Waals surface area contributed by atoms with Crippen molar-refractivity contribution in [3.8, 4) is 0 Å². The number of rotatable bonds is 6. The lowest BCUT2D eigenvalue weighted by atomic mass is 10.3. The number of aliphatic hydroxyl groups is 1. The Balaban J connectivity index is 3.43. The van der Waals surface area contributed by atoms with Gasteiger partial charge in [-0.05, 0) is 6.42 Å². The topological polar surface area (TPSA) is 58.6 Å². The number of hydrogen-bond donors (Lipinski definition) is 2. The van der Waals surface area contributed by atoms with Crippen molar-refractivity contribution in [2.24, 2.45) is 0 Å². The maximum atomic E-state index is 11.0. The zero-order valence-electron chi connectivity index (χ0n) is 7.67. The summed E-state index contributed by atoms with van der Waals surface area (Å²) in [5.74, 6) is -0.356. The summed E-state index contributed by atoms with van der Waals surface area (Å²) < 4.78 is 4.62. The van der Waals surface area contributed by atoms with E-state index >= 15 is 0 Å². The minimum Gasteiger partial charge on any atom is -0.381 e. The first kappa shape index (κ1) is 11.4. The van der Waals surface area contributed by atoms with Crippen LogP contribution in [0.25, 0.3) is 0 Å². The minimum atomic E-state index is -1.04. The predicted octanol–water partition coefficient (Wildman–Crippen LogP) is -0.0900. The molecule has 0 aliphatic carbocycles. The normalized spacial score (nSPS) is 12.6. The highest BCUT2D eigenvalue weighted by Gasteiger charge is 2.12. The second-order valence-electron chi connectivity index (χ2n) is 2.62. The molecule has 1 amide bonds. The lowest BCUT2D eigenvalue weighted by molar-refractivity contribution is -0.131. The average molecular weight is 175 g/mol. The van der Waals surface area contributed by atoms with Crippen LogP contribution < -0.4 is 5.32 Å². The third-order valence-corrected chi connectivity index (χ3v) is 1.46. The highest BCUT2D eigenvalue weighted by atomic mass is 16.5. The zero-order valence-corrected chi connectivity index (χ0v) is 7.67. The van der Waals surface area contributed by atoms with Gasteiger partial charge in [-0.2, -0.15) is 0 Å². The van der Waals surface area contributed by atoms with Gasteiger partial charge in [-0.15, -0.1) is 0 Å². The van der Waals surface area contributed by atoms with E-state index in [9.17, 15) is 4.79 Å². The summed E-state index contributed by atoms with van der Waals surface area (Å²) in [6.45, 7) is 2.71. The molecule has 72 valence electrons. The van der Waals surface area contributed by atoms with Crippen molar-refractivity contribution in [1.82, 2.24) is 5.32 Å². The van der Waals surface area contributed by atoms with Gasteiger partial charge in [0.15, 0.2) is 6.10 Å². The molecule has 1 atom stereocenters. The van der Waals surface area contributed by atoms with Gasteiger partial charge in [-0.1, -0.05) is 13.3 Å². The predicted molar refractivity (Wildman–Crippen MR) is 45.8 cm³/mol. The molecule has 0 fully saturated rings. The first-order chi connectivity index (χ1) is 5.72. The number of ether oxygens (including phenoxy) is 1. The van der Waals surface area contributed by atoms with Crippen LogP contribution in [0.4, 0.5) is 0 Å². The summed E-state index contributed by atoms with van der Waals surface area (Å²) >= 11 is 0. The Morgan fingerprint density at radius 3 is 2.83 bits per heavy atom. The summed E-state index contributed by atoms with van der Waals surface area (Å²) in [5.41, 5.74) is 0. The van der Waals surface area contributed by atoms with Crippen molar-refractivity contribution in [3.63, 3.8) is 0 Å². The Hall–Kier alpha value is -0.610. The van der Waals surface area contributed by atoms with Gasteiger partial charge in [0, 0.05) is 13.7 Å². The Bertz CT molecular complexity index is 127. The quantitative estimate of drug-likeness (QED) is 0.555. The first-order valence-electron chi connectivity index (χ1n) is 4.17. The van der Waals surface area contributed by atoms with Crippen LogP contribution in [0.5, 0.6) is 0 Å². The van der Waals surface area contributed by atoms with E-state index in [1.54, 1.807) is 0 Å². The van der Waals surface area contributed by atoms with Crippen molar-refractivity contribution in [2.45, 2.75) is 25.9 Å². The number of carbonyl (C=O) groups excluding carboxylic acids is 1. The van der Waals surface area contributed by atoms with Crippen molar-refractivity contribution >= 4 is 5.91 Å². The van der Waals surface area contributed by atoms with Crippen LogP contribution in [-0.4, -0.2) is 37.4 Å². The smallest absolute Gasteiger partial charge is 0.251 e. The fraction of sp³-hybridized carbons (Fsp3) is 0.875. The molecule has 0 aromatic heterocycles. The molecule has 0 bridgehead atoms. The van der Waals surface area contributed by atoms with Crippen molar-refractivity contribution < 1.29 is 14.6 Å². The van der Waals surface area contributed by atoms with Crippen molar-refractivity contribution in [2.75, 3.05) is 20.3 Å². The molecule has 0 saturated carbocycles. The van der Waals surface area contributed by atoms with E-state index in [0.29, 0.717) is 6.54 Å². The van der Waals surface area contributed by atoms with Crippen LogP contribution in [0.2, 0.25) is 0 Å². The molecule has 0 aromatic carbocycles. The molecule has 4 nitrogen and oxygen atoms in total. The highest BCUT2D eigenvalue weighted by Crippen LogP contribution is 1.86.